The second-order valence-corrected chi connectivity index (χ2v) is 8.31. The molecule has 1 amide bonds. The first-order chi connectivity index (χ1) is 17.0. The lowest BCUT2D eigenvalue weighted by Gasteiger charge is -2.17. The van der Waals surface area contributed by atoms with Gasteiger partial charge in [0.2, 0.25) is 5.95 Å². The van der Waals surface area contributed by atoms with Gasteiger partial charge in [-0.2, -0.15) is 4.98 Å². The number of amides is 1. The number of benzene rings is 1. The summed E-state index contributed by atoms with van der Waals surface area (Å²) in [7, 11) is 0. The molecule has 2 N–H and O–H groups in total. The van der Waals surface area contributed by atoms with Crippen LogP contribution in [0.4, 0.5) is 16.6 Å². The lowest BCUT2D eigenvalue weighted by molar-refractivity contribution is 0.181. The molecule has 0 spiro atoms. The molecule has 0 unspecified atom stereocenters. The minimum atomic E-state index is -0.450. The summed E-state index contributed by atoms with van der Waals surface area (Å²) in [5.74, 6) is 1.16. The number of rotatable bonds is 7. The zero-order valence-electron chi connectivity index (χ0n) is 18.7. The van der Waals surface area contributed by atoms with Crippen LogP contribution in [0.15, 0.2) is 59.7 Å². The quantitative estimate of drug-likeness (QED) is 0.396. The number of carbonyl (C=O) groups excluding carboxylic acids is 1. The van der Waals surface area contributed by atoms with Crippen LogP contribution in [-0.4, -0.2) is 39.2 Å². The number of hydrogen-bond acceptors (Lipinski definition) is 8. The van der Waals surface area contributed by atoms with Crippen LogP contribution in [0.1, 0.15) is 24.2 Å². The molecule has 1 fully saturated rings. The summed E-state index contributed by atoms with van der Waals surface area (Å²) in [4.78, 5) is 41.8. The minimum Gasteiger partial charge on any atom is -0.486 e. The number of H-pyrrole nitrogens is 1. The number of hydrogen-bond donors (Lipinski definition) is 2. The Morgan fingerprint density at radius 1 is 1.20 bits per heavy atom. The summed E-state index contributed by atoms with van der Waals surface area (Å²) in [6.45, 7) is 2.81. The van der Waals surface area contributed by atoms with Crippen LogP contribution in [0, 0.1) is 0 Å². The van der Waals surface area contributed by atoms with Crippen molar-refractivity contribution in [2.24, 2.45) is 0 Å². The van der Waals surface area contributed by atoms with E-state index in [0.717, 1.165) is 11.1 Å². The highest BCUT2D eigenvalue weighted by Crippen LogP contribution is 2.30. The molecule has 1 aromatic carbocycles. The van der Waals surface area contributed by atoms with Gasteiger partial charge in [-0.15, -0.1) is 0 Å². The average Bonchev–Trinajstić information content (AvgIpc) is 3.29. The molecule has 0 bridgehead atoms. The molecular formula is C24H21ClN6O4. The molecule has 178 valence electrons. The van der Waals surface area contributed by atoms with E-state index in [1.807, 2.05) is 25.1 Å². The summed E-state index contributed by atoms with van der Waals surface area (Å²) >= 11 is 6.45. The Morgan fingerprint density at radius 2 is 2.09 bits per heavy atom. The first-order valence-electron chi connectivity index (χ1n) is 10.9. The van der Waals surface area contributed by atoms with Gasteiger partial charge in [-0.1, -0.05) is 17.7 Å². The molecule has 0 aliphatic carbocycles. The fourth-order valence-electron chi connectivity index (χ4n) is 3.73. The molecule has 1 saturated heterocycles. The molecule has 1 atom stereocenters. The van der Waals surface area contributed by atoms with Crippen molar-refractivity contribution in [2.45, 2.75) is 19.6 Å². The van der Waals surface area contributed by atoms with Crippen molar-refractivity contribution >= 4 is 40.4 Å². The first kappa shape index (κ1) is 22.6. The number of aromatic amines is 1. The lowest BCUT2D eigenvalue weighted by atomic mass is 10.1. The molecule has 0 saturated carbocycles. The number of aromatic nitrogens is 4. The molecular weight excluding hydrogens is 472 g/mol. The van der Waals surface area contributed by atoms with Crippen LogP contribution < -0.4 is 20.5 Å². The van der Waals surface area contributed by atoms with Crippen molar-refractivity contribution in [1.82, 2.24) is 19.9 Å². The number of fused-ring (bicyclic) bond motifs is 1. The number of anilines is 2. The smallest absolute Gasteiger partial charge is 0.415 e. The van der Waals surface area contributed by atoms with Gasteiger partial charge in [0.1, 0.15) is 24.8 Å². The monoisotopic (exact) mass is 492 g/mol. The van der Waals surface area contributed by atoms with Crippen molar-refractivity contribution in [3.8, 4) is 5.75 Å². The average molecular weight is 493 g/mol. The van der Waals surface area contributed by atoms with Crippen molar-refractivity contribution in [3.63, 3.8) is 0 Å². The molecule has 4 heterocycles. The van der Waals surface area contributed by atoms with Gasteiger partial charge in [-0.3, -0.25) is 14.7 Å². The van der Waals surface area contributed by atoms with Gasteiger partial charge in [-0.25, -0.2) is 9.78 Å². The van der Waals surface area contributed by atoms with E-state index in [1.165, 1.54) is 4.90 Å². The Hall–Kier alpha value is -4.18. The fourth-order valence-corrected chi connectivity index (χ4v) is 3.96. The van der Waals surface area contributed by atoms with Gasteiger partial charge >= 0.3 is 6.09 Å². The van der Waals surface area contributed by atoms with E-state index < -0.39 is 12.1 Å². The number of ether oxygens (including phenoxy) is 2. The predicted octanol–water partition coefficient (Wildman–Crippen LogP) is 4.08. The normalized spacial score (nSPS) is 14.1. The van der Waals surface area contributed by atoms with Crippen molar-refractivity contribution in [1.29, 1.82) is 0 Å². The van der Waals surface area contributed by atoms with Crippen molar-refractivity contribution in [3.05, 3.63) is 81.5 Å². The molecule has 35 heavy (non-hydrogen) atoms. The highest BCUT2D eigenvalue weighted by molar-refractivity contribution is 6.32. The molecule has 10 nitrogen and oxygen atoms in total. The molecule has 0 radical (unpaired) electrons. The minimum absolute atomic E-state index is 0.254. The number of cyclic esters (lactones) is 1. The third-order valence-corrected chi connectivity index (χ3v) is 5.81. The second-order valence-electron chi connectivity index (χ2n) is 7.90. The third-order valence-electron chi connectivity index (χ3n) is 5.52. The molecule has 1 aliphatic rings. The van der Waals surface area contributed by atoms with Crippen molar-refractivity contribution < 1.29 is 14.3 Å². The molecule has 11 heteroatoms. The first-order valence-corrected chi connectivity index (χ1v) is 11.3. The molecule has 5 rings (SSSR count). The van der Waals surface area contributed by atoms with Crippen molar-refractivity contribution in [2.75, 3.05) is 23.4 Å². The zero-order chi connectivity index (χ0) is 24.4. The number of carbonyl (C=O) groups is 1. The molecule has 4 aromatic rings. The van der Waals surface area contributed by atoms with Gasteiger partial charge in [0.15, 0.2) is 0 Å². The van der Waals surface area contributed by atoms with E-state index in [0.29, 0.717) is 40.8 Å². The van der Waals surface area contributed by atoms with Gasteiger partial charge in [0, 0.05) is 29.4 Å². The maximum atomic E-state index is 12.9. The maximum Gasteiger partial charge on any atom is 0.415 e. The van der Waals surface area contributed by atoms with Crippen LogP contribution >= 0.6 is 11.6 Å². The Balaban J connectivity index is 1.36. The molecule has 1 aliphatic heterocycles. The van der Waals surface area contributed by atoms with Gasteiger partial charge in [0.05, 0.1) is 28.8 Å². The summed E-state index contributed by atoms with van der Waals surface area (Å²) < 4.78 is 10.8. The summed E-state index contributed by atoms with van der Waals surface area (Å²) in [6.07, 6.45) is 2.78. The van der Waals surface area contributed by atoms with E-state index in [4.69, 9.17) is 21.1 Å². The van der Waals surface area contributed by atoms with Gasteiger partial charge < -0.3 is 19.8 Å². The number of halogens is 1. The van der Waals surface area contributed by atoms with Crippen LogP contribution in [0.5, 0.6) is 5.75 Å². The number of pyridine rings is 2. The lowest BCUT2D eigenvalue weighted by Crippen LogP contribution is -2.25. The highest BCUT2D eigenvalue weighted by atomic mass is 35.5. The van der Waals surface area contributed by atoms with E-state index in [1.54, 1.807) is 36.7 Å². The van der Waals surface area contributed by atoms with Gasteiger partial charge in [0.25, 0.3) is 5.56 Å². The number of nitrogens with zero attached hydrogens (tertiary/aromatic N) is 4. The Labute approximate surface area is 204 Å². The Kier molecular flexibility index (Phi) is 6.19. The Bertz CT molecular complexity index is 1450. The van der Waals surface area contributed by atoms with E-state index in [2.05, 4.69) is 25.3 Å². The Morgan fingerprint density at radius 3 is 2.86 bits per heavy atom. The largest absolute Gasteiger partial charge is 0.486 e. The summed E-state index contributed by atoms with van der Waals surface area (Å²) in [6, 6.07) is 12.0. The van der Waals surface area contributed by atoms with Crippen LogP contribution in [-0.2, 0) is 11.3 Å². The van der Waals surface area contributed by atoms with Crippen LogP contribution in [0.3, 0.4) is 0 Å². The predicted molar refractivity (Wildman–Crippen MR) is 131 cm³/mol. The third kappa shape index (κ3) is 4.87. The zero-order valence-corrected chi connectivity index (χ0v) is 19.5. The fraction of sp³-hybridized carbons (Fsp3) is 0.208. The number of nitrogens with one attached hydrogen (secondary N) is 2. The van der Waals surface area contributed by atoms with E-state index >= 15 is 0 Å². The SMILES string of the molecule is C[C@H](Nc1nccc(N2CCOC2=O)n1)c1cc2cc(Cl)c(OCc3ccccn3)cc2[nH]c1=O. The highest BCUT2D eigenvalue weighted by Gasteiger charge is 2.25. The van der Waals surface area contributed by atoms with Crippen LogP contribution in [0.25, 0.3) is 10.9 Å². The topological polar surface area (TPSA) is 122 Å². The summed E-state index contributed by atoms with van der Waals surface area (Å²) in [5, 5.41) is 4.29. The summed E-state index contributed by atoms with van der Waals surface area (Å²) in [5.41, 5.74) is 1.57. The van der Waals surface area contributed by atoms with Gasteiger partial charge in [-0.05, 0) is 37.3 Å². The van der Waals surface area contributed by atoms with E-state index in [-0.39, 0.29) is 18.1 Å². The standard InChI is InChI=1S/C24H21ClN6O4/c1-14(28-23-27-7-5-21(30-23)31-8-9-34-24(31)33)17-10-15-11-18(25)20(12-19(15)29-22(17)32)35-13-16-4-2-3-6-26-16/h2-7,10-12,14H,8-9,13H2,1H3,(H,29,32)(H,27,28,30)/t14-/m0/s1. The maximum absolute atomic E-state index is 12.9. The van der Waals surface area contributed by atoms with Crippen LogP contribution in [0.2, 0.25) is 5.02 Å². The van der Waals surface area contributed by atoms with E-state index in [9.17, 15) is 9.59 Å². The second kappa shape index (κ2) is 9.59. The molecule has 3 aromatic heterocycles.